The fourth-order valence-corrected chi connectivity index (χ4v) is 20.0. The molecule has 131 heavy (non-hydrogen) atoms. The molecule has 5 heterocycles. The maximum Gasteiger partial charge on any atom is 0.409 e. The van der Waals surface area contributed by atoms with E-state index in [1.807, 2.05) is 6.92 Å². The van der Waals surface area contributed by atoms with E-state index >= 15 is 14.4 Å². The first-order valence-corrected chi connectivity index (χ1v) is 48.0. The lowest BCUT2D eigenvalue weighted by Gasteiger charge is -2.42. The minimum atomic E-state index is -1.96. The van der Waals surface area contributed by atoms with Gasteiger partial charge in [0.15, 0.2) is 5.72 Å². The number of likely N-dealkylation sites (N-methyl/N-ethyl adjacent to an activating group) is 1. The summed E-state index contributed by atoms with van der Waals surface area (Å²) in [5, 5.41) is 61.4. The number of allylic oxidation sites excluding steroid dienone is 3. The fraction of sp³-hybridized carbons (Fsp3) is 0.456. The Kier molecular flexibility index (Phi) is 37.3. The molecule has 3 fully saturated rings. The highest BCUT2D eigenvalue weighted by Gasteiger charge is 2.65. The second-order valence-electron chi connectivity index (χ2n) is 32.8. The third-order valence-corrected chi connectivity index (χ3v) is 28.3. The first-order chi connectivity index (χ1) is 62.5. The number of aliphatic hydroxyl groups excluding tert-OH is 1. The molecule has 4 aliphatic rings. The quantitative estimate of drug-likeness (QED) is 0.0124. The van der Waals surface area contributed by atoms with Gasteiger partial charge in [-0.05, 0) is 125 Å². The van der Waals surface area contributed by atoms with E-state index in [2.05, 4.69) is 58.2 Å². The van der Waals surface area contributed by atoms with Crippen LogP contribution in [0.1, 0.15) is 95.4 Å². The number of hydrogen-bond acceptors (Lipinski definition) is 26. The number of anilines is 2. The zero-order valence-corrected chi connectivity index (χ0v) is 77.9. The molecule has 3 saturated heterocycles. The maximum absolute atomic E-state index is 15.4. The molecule has 5 aromatic carbocycles. The van der Waals surface area contributed by atoms with Crippen molar-refractivity contribution in [1.82, 2.24) is 57.7 Å². The number of unbranched alkanes of at least 4 members (excludes halogenated alkanes) is 1. The number of epoxide rings is 1. The molecule has 4 aliphatic heterocycles. The number of ether oxygens (including phenoxy) is 5. The van der Waals surface area contributed by atoms with Crippen LogP contribution >= 0.6 is 54.8 Å². The normalized spacial score (nSPS) is 25.4. The highest BCUT2D eigenvalue weighted by atomic mass is 35.5. The molecule has 1 unspecified atom stereocenters. The molecule has 18 N–H and O–H groups in total. The number of phenols is 1. The Labute approximate surface area is 779 Å². The van der Waals surface area contributed by atoms with E-state index in [4.69, 9.17) is 46.8 Å². The van der Waals surface area contributed by atoms with E-state index in [-0.39, 0.29) is 91.0 Å². The van der Waals surface area contributed by atoms with E-state index in [1.165, 1.54) is 71.3 Å². The molecular weight excluding hydrogens is 1790 g/mol. The number of amides is 13. The monoisotopic (exact) mass is 1900 g/mol. The van der Waals surface area contributed by atoms with Gasteiger partial charge in [0.1, 0.15) is 94.8 Å². The standard InChI is InChI=1S/C90H114ClN15O21S4/c1-49-21-20-29-71(124-9)90(122)44-70(125-88(121)104-90)50(2)77-89(5,127-77)72(43-74(110)106(7)68-40-55(37-49)41-69(123-8)75(68)91)126-86(119)51(3)105(6)73(109)34-36-128-129-46-65(78(93)111)99-84(117)67-48-131-130-47-66(100-81(114)63(38-53-22-12-10-13-23-53)102-87(120)95-57-24-14-11-15-25-57)83(116)97-62(39-54-30-32-58(108)33-31-54)80(113)98-64(42-56-45-94-60-27-17-16-26-59(56)60)82(115)96-61(28-18-19-35-92)79(112)103-76(52(4)107)85(118)101-67/h10-17,20-27,29-33,40-41,45,50-52,61-67,70-72,76-77,94,107-108,122H,18-19,28,34-39,42-44,46-48,92H2,1-9H3,(H2,93,111)(H,96,115)(H,97,116)(H,98,113)(H,99,117)(H,100,114)(H,101,118)(H,103,112)(H,104,121)(H2,95,102,120)/b29-20+,49-21+/t50-,51+,52-,61+,62+,63-,64-,65+,66+,67+,70+,71-,72+,76+,77?,89+,90+/m1/s1. The predicted molar refractivity (Wildman–Crippen MR) is 499 cm³/mol. The number of methoxy groups -OCH3 is 2. The molecule has 4 bridgehead atoms. The number of fused-ring (bicyclic) bond motifs is 6. The summed E-state index contributed by atoms with van der Waals surface area (Å²) in [4.78, 5) is 195. The van der Waals surface area contributed by atoms with Gasteiger partial charge in [-0.15, -0.1) is 0 Å². The van der Waals surface area contributed by atoms with Crippen molar-refractivity contribution < 1.29 is 101 Å². The number of aliphatic hydroxyl groups is 2. The number of carbonyl (C=O) groups is 13. The second kappa shape index (κ2) is 47.8. The van der Waals surface area contributed by atoms with Gasteiger partial charge in [-0.1, -0.05) is 164 Å². The first kappa shape index (κ1) is 102. The van der Waals surface area contributed by atoms with Crippen LogP contribution in [-0.2, 0) is 97.4 Å². The minimum absolute atomic E-state index is 0.0495. The van der Waals surface area contributed by atoms with Crippen molar-refractivity contribution in [3.8, 4) is 11.5 Å². The van der Waals surface area contributed by atoms with Crippen LogP contribution in [0.5, 0.6) is 11.5 Å². The van der Waals surface area contributed by atoms with Gasteiger partial charge in [0.05, 0.1) is 31.4 Å². The first-order valence-electron chi connectivity index (χ1n) is 42.6. The molecule has 10 rings (SSSR count). The molecule has 36 nitrogen and oxygen atoms in total. The number of aromatic amines is 1. The molecule has 0 spiro atoms. The highest BCUT2D eigenvalue weighted by Crippen LogP contribution is 2.50. The van der Waals surface area contributed by atoms with Crippen LogP contribution in [0.3, 0.4) is 0 Å². The lowest BCUT2D eigenvalue weighted by molar-refractivity contribution is -0.162. The minimum Gasteiger partial charge on any atom is -0.508 e. The largest absolute Gasteiger partial charge is 0.508 e. The number of carbonyl (C=O) groups excluding carboxylic acids is 13. The summed E-state index contributed by atoms with van der Waals surface area (Å²) in [6.07, 6.45) is -0.703. The van der Waals surface area contributed by atoms with Crippen LogP contribution in [0.4, 0.5) is 21.0 Å². The van der Waals surface area contributed by atoms with Crippen LogP contribution in [0.2, 0.25) is 5.02 Å². The third-order valence-electron chi connectivity index (χ3n) is 23.0. The summed E-state index contributed by atoms with van der Waals surface area (Å²) in [5.41, 5.74) is 13.0. The number of aromatic nitrogens is 1. The average molecular weight is 1910 g/mol. The molecular formula is C90H114ClN15O21S4. The van der Waals surface area contributed by atoms with Crippen molar-refractivity contribution in [2.24, 2.45) is 17.4 Å². The number of alkyl carbamates (subject to hydrolysis) is 1. The van der Waals surface area contributed by atoms with Crippen molar-refractivity contribution in [3.05, 3.63) is 179 Å². The van der Waals surface area contributed by atoms with E-state index < -0.39 is 191 Å². The van der Waals surface area contributed by atoms with Crippen LogP contribution < -0.4 is 74.3 Å². The number of hydrogen-bond donors (Lipinski definition) is 16. The molecule has 17 atom stereocenters. The van der Waals surface area contributed by atoms with Crippen LogP contribution in [0, 0.1) is 5.92 Å². The Balaban J connectivity index is 0.872. The number of rotatable bonds is 29. The van der Waals surface area contributed by atoms with E-state index in [9.17, 15) is 63.3 Å². The van der Waals surface area contributed by atoms with Gasteiger partial charge < -0.3 is 113 Å². The number of halogens is 1. The number of benzene rings is 5. The van der Waals surface area contributed by atoms with E-state index in [0.29, 0.717) is 51.7 Å². The smallest absolute Gasteiger partial charge is 0.409 e. The number of esters is 1. The van der Waals surface area contributed by atoms with Crippen molar-refractivity contribution in [1.29, 1.82) is 0 Å². The van der Waals surface area contributed by atoms with Crippen LogP contribution in [-0.4, -0.2) is 256 Å². The molecule has 6 aromatic rings. The van der Waals surface area contributed by atoms with Crippen molar-refractivity contribution in [3.63, 3.8) is 0 Å². The van der Waals surface area contributed by atoms with Crippen molar-refractivity contribution in [2.45, 2.75) is 195 Å². The zero-order valence-electron chi connectivity index (χ0n) is 73.9. The van der Waals surface area contributed by atoms with Gasteiger partial charge in [-0.25, -0.2) is 14.4 Å². The Morgan fingerprint density at radius 3 is 2.15 bits per heavy atom. The van der Waals surface area contributed by atoms with Gasteiger partial charge >= 0.3 is 18.1 Å². The summed E-state index contributed by atoms with van der Waals surface area (Å²) in [6, 6.07) is 18.8. The van der Waals surface area contributed by atoms with Crippen molar-refractivity contribution >= 4 is 154 Å². The zero-order chi connectivity index (χ0) is 95.0. The molecule has 0 aliphatic carbocycles. The number of nitrogens with zero attached hydrogens (tertiary/aromatic N) is 2. The van der Waals surface area contributed by atoms with Crippen molar-refractivity contribution in [2.75, 3.05) is 68.1 Å². The number of H-pyrrole nitrogens is 1. The summed E-state index contributed by atoms with van der Waals surface area (Å²) in [6.45, 7) is 8.03. The molecule has 0 radical (unpaired) electrons. The number of para-hydroxylation sites is 2. The number of nitrogens with two attached hydrogens (primary N) is 2. The molecule has 1 aromatic heterocycles. The van der Waals surface area contributed by atoms with E-state index in [0.717, 1.165) is 53.6 Å². The van der Waals surface area contributed by atoms with Gasteiger partial charge in [-0.2, -0.15) is 0 Å². The molecule has 0 saturated carbocycles. The summed E-state index contributed by atoms with van der Waals surface area (Å²) < 4.78 is 29.7. The molecule has 706 valence electrons. The highest BCUT2D eigenvalue weighted by molar-refractivity contribution is 8.77. The Morgan fingerprint density at radius 1 is 0.794 bits per heavy atom. The van der Waals surface area contributed by atoms with Gasteiger partial charge in [-0.3, -0.25) is 53.3 Å². The van der Waals surface area contributed by atoms with E-state index in [1.54, 1.807) is 135 Å². The van der Waals surface area contributed by atoms with Gasteiger partial charge in [0.2, 0.25) is 59.1 Å². The Hall–Kier alpha value is -11.1. The molecule has 13 amide bonds. The number of phenolic OH excluding ortho intramolecular Hbond substituents is 1. The maximum atomic E-state index is 15.4. The lowest BCUT2D eigenvalue weighted by atomic mass is 9.83. The van der Waals surface area contributed by atoms with Gasteiger partial charge in [0.25, 0.3) is 0 Å². The predicted octanol–water partition coefficient (Wildman–Crippen LogP) is 5.18. The SMILES string of the molecule is COc1cc2cc(c1Cl)N(C)C(=O)C[C@H](OC(=O)[C@H](C)N(C)C(=O)CCSSC[C@H](NC(=O)[C@@H]1CSSC[C@H](NC(=O)[C@@H](Cc3ccccc3)NC(=O)Nc3ccccc3)C(=O)N[C@@H](Cc3ccc(O)cc3)C(=O)N[C@H](Cc3c[nH]c4ccccc34)C(=O)N[C@@H](CCCCN)C(=O)N[C@@H]([C@@H](C)O)C(=O)N1)C(N)=O)[C@]1(C)OC1[C@H](C)[C@@H]1C[C@@](O)(NC(=O)O1)[C@H](OC)/C=C/C=C(\C)C2. The fourth-order valence-electron chi connectivity index (χ4n) is 15.2. The number of urea groups is 1. The van der Waals surface area contributed by atoms with Gasteiger partial charge in [0, 0.05) is 105 Å². The number of aromatic hydroxyl groups is 1. The summed E-state index contributed by atoms with van der Waals surface area (Å²) in [5.74, 6) is -11.4. The Bertz CT molecular complexity index is 5120. The third kappa shape index (κ3) is 28.2. The topological polar surface area (TPSA) is 527 Å². The summed E-state index contributed by atoms with van der Waals surface area (Å²) in [7, 11) is 9.60. The summed E-state index contributed by atoms with van der Waals surface area (Å²) >= 11 is 6.91. The molecule has 41 heteroatoms. The van der Waals surface area contributed by atoms with Crippen LogP contribution in [0.25, 0.3) is 10.9 Å². The second-order valence-corrected chi connectivity index (χ2v) is 38.3. The number of primary amides is 1. The number of nitrogens with one attached hydrogen (secondary N) is 11. The Morgan fingerprint density at radius 2 is 1.46 bits per heavy atom. The lowest BCUT2D eigenvalue weighted by Crippen LogP contribution is -2.63. The average Bonchev–Trinajstić information content (AvgIpc) is 1.57. The van der Waals surface area contributed by atoms with Crippen LogP contribution in [0.15, 0.2) is 151 Å².